The highest BCUT2D eigenvalue weighted by Gasteiger charge is 2.23. The molecule has 166 valence electrons. The van der Waals surface area contributed by atoms with Crippen molar-refractivity contribution in [2.45, 2.75) is 43.5 Å². The fraction of sp³-hybridized carbons (Fsp3) is 0.261. The Bertz CT molecular complexity index is 1460. The second-order valence-corrected chi connectivity index (χ2v) is 9.93. The number of thiophene rings is 1. The van der Waals surface area contributed by atoms with Gasteiger partial charge < -0.3 is 14.7 Å². The summed E-state index contributed by atoms with van der Waals surface area (Å²) in [5.74, 6) is 2.47. The van der Waals surface area contributed by atoms with Crippen LogP contribution in [-0.4, -0.2) is 25.3 Å². The maximum atomic E-state index is 6.32. The van der Waals surface area contributed by atoms with E-state index in [1.165, 1.54) is 35.0 Å². The molecule has 6 rings (SSSR count). The first kappa shape index (κ1) is 20.4. The third-order valence-electron chi connectivity index (χ3n) is 5.74. The highest BCUT2D eigenvalue weighted by Crippen LogP contribution is 2.39. The SMILES string of the molecule is Cc1onc(-c2ccccc2)c1-c1nnc(CSc2nc(N)c3c4c(sc3n2)CCCC4)o1. The van der Waals surface area contributed by atoms with Crippen molar-refractivity contribution in [2.24, 2.45) is 0 Å². The van der Waals surface area contributed by atoms with Crippen LogP contribution in [-0.2, 0) is 18.6 Å². The number of nitrogens with two attached hydrogens (primary N) is 1. The van der Waals surface area contributed by atoms with Crippen LogP contribution in [0.5, 0.6) is 0 Å². The van der Waals surface area contributed by atoms with Crippen LogP contribution in [0.25, 0.3) is 32.9 Å². The minimum absolute atomic E-state index is 0.380. The summed E-state index contributed by atoms with van der Waals surface area (Å²) in [6, 6.07) is 9.79. The zero-order valence-electron chi connectivity index (χ0n) is 17.9. The van der Waals surface area contributed by atoms with E-state index in [0.717, 1.165) is 28.6 Å². The molecule has 1 aliphatic carbocycles. The molecule has 0 saturated carbocycles. The summed E-state index contributed by atoms with van der Waals surface area (Å²) in [5, 5.41) is 14.3. The van der Waals surface area contributed by atoms with Gasteiger partial charge in [0.2, 0.25) is 5.89 Å². The van der Waals surface area contributed by atoms with Gasteiger partial charge in [-0.3, -0.25) is 0 Å². The Balaban J connectivity index is 1.25. The van der Waals surface area contributed by atoms with Crippen molar-refractivity contribution in [2.75, 3.05) is 5.73 Å². The molecule has 0 saturated heterocycles. The molecular weight excluding hydrogens is 456 g/mol. The normalized spacial score (nSPS) is 13.5. The standard InChI is InChI=1S/C23H20N6O2S2/c1-12-17(19(29-31-12)13-7-3-2-4-8-13)21-28-27-16(30-21)11-32-23-25-20(24)18-14-9-5-6-10-15(14)33-22(18)26-23/h2-4,7-8H,5-6,9-11H2,1H3,(H2,24,25,26). The first-order valence-electron chi connectivity index (χ1n) is 10.7. The van der Waals surface area contributed by atoms with E-state index in [0.29, 0.717) is 45.5 Å². The summed E-state index contributed by atoms with van der Waals surface area (Å²) in [6.07, 6.45) is 4.60. The molecule has 33 heavy (non-hydrogen) atoms. The van der Waals surface area contributed by atoms with Crippen LogP contribution in [0.2, 0.25) is 0 Å². The minimum atomic E-state index is 0.380. The molecule has 0 fully saturated rings. The van der Waals surface area contributed by atoms with E-state index >= 15 is 0 Å². The molecule has 4 aromatic heterocycles. The van der Waals surface area contributed by atoms with Crippen LogP contribution in [0.15, 0.2) is 44.4 Å². The lowest BCUT2D eigenvalue weighted by atomic mass is 9.97. The molecule has 0 unspecified atom stereocenters. The maximum Gasteiger partial charge on any atom is 0.253 e. The molecule has 0 aliphatic heterocycles. The third kappa shape index (κ3) is 3.68. The van der Waals surface area contributed by atoms with Crippen LogP contribution < -0.4 is 5.73 Å². The molecule has 4 heterocycles. The van der Waals surface area contributed by atoms with E-state index < -0.39 is 0 Å². The minimum Gasteiger partial charge on any atom is -0.420 e. The predicted molar refractivity (Wildman–Crippen MR) is 128 cm³/mol. The molecular formula is C23H20N6O2S2. The first-order valence-corrected chi connectivity index (χ1v) is 12.5. The van der Waals surface area contributed by atoms with E-state index in [9.17, 15) is 0 Å². The van der Waals surface area contributed by atoms with E-state index in [1.54, 1.807) is 11.3 Å². The van der Waals surface area contributed by atoms with Gasteiger partial charge in [0.05, 0.1) is 11.1 Å². The number of hydrogen-bond acceptors (Lipinski definition) is 10. The quantitative estimate of drug-likeness (QED) is 0.261. The summed E-state index contributed by atoms with van der Waals surface area (Å²) < 4.78 is 11.4. The Hall–Kier alpha value is -3.24. The lowest BCUT2D eigenvalue weighted by Gasteiger charge is -2.10. The van der Waals surface area contributed by atoms with Crippen molar-refractivity contribution < 1.29 is 8.94 Å². The number of anilines is 1. The van der Waals surface area contributed by atoms with E-state index in [-0.39, 0.29) is 0 Å². The van der Waals surface area contributed by atoms with Crippen LogP contribution >= 0.6 is 23.1 Å². The lowest BCUT2D eigenvalue weighted by Crippen LogP contribution is -2.01. The molecule has 1 aromatic carbocycles. The van der Waals surface area contributed by atoms with Crippen LogP contribution in [0.4, 0.5) is 5.82 Å². The van der Waals surface area contributed by atoms with Crippen molar-refractivity contribution in [1.82, 2.24) is 25.3 Å². The van der Waals surface area contributed by atoms with Gasteiger partial charge in [0, 0.05) is 10.4 Å². The van der Waals surface area contributed by atoms with E-state index in [4.69, 9.17) is 19.7 Å². The zero-order chi connectivity index (χ0) is 22.4. The smallest absolute Gasteiger partial charge is 0.253 e. The van der Waals surface area contributed by atoms with Crippen molar-refractivity contribution in [3.05, 3.63) is 52.4 Å². The number of nitrogen functional groups attached to an aromatic ring is 1. The van der Waals surface area contributed by atoms with Crippen molar-refractivity contribution in [3.8, 4) is 22.7 Å². The van der Waals surface area contributed by atoms with Gasteiger partial charge >= 0.3 is 0 Å². The van der Waals surface area contributed by atoms with Crippen LogP contribution in [0.3, 0.4) is 0 Å². The number of aryl methyl sites for hydroxylation is 3. The van der Waals surface area contributed by atoms with Crippen molar-refractivity contribution in [1.29, 1.82) is 0 Å². The van der Waals surface area contributed by atoms with Crippen molar-refractivity contribution >= 4 is 39.1 Å². The van der Waals surface area contributed by atoms with Gasteiger partial charge in [-0.15, -0.1) is 21.5 Å². The van der Waals surface area contributed by atoms with E-state index in [1.807, 2.05) is 37.3 Å². The van der Waals surface area contributed by atoms with Gasteiger partial charge in [0.1, 0.15) is 27.7 Å². The first-order chi connectivity index (χ1) is 16.2. The number of hydrogen-bond donors (Lipinski definition) is 1. The summed E-state index contributed by atoms with van der Waals surface area (Å²) >= 11 is 3.17. The number of nitrogens with zero attached hydrogens (tertiary/aromatic N) is 5. The highest BCUT2D eigenvalue weighted by atomic mass is 32.2. The molecule has 0 atom stereocenters. The van der Waals surface area contributed by atoms with Crippen LogP contribution in [0, 0.1) is 6.92 Å². The summed E-state index contributed by atoms with van der Waals surface area (Å²) in [6.45, 7) is 1.83. The van der Waals surface area contributed by atoms with Gasteiger partial charge in [0.15, 0.2) is 5.16 Å². The fourth-order valence-electron chi connectivity index (χ4n) is 4.19. The largest absolute Gasteiger partial charge is 0.420 e. The molecule has 2 N–H and O–H groups in total. The average Bonchev–Trinajstić information content (AvgIpc) is 3.54. The van der Waals surface area contributed by atoms with Crippen molar-refractivity contribution in [3.63, 3.8) is 0 Å². The molecule has 0 radical (unpaired) electrons. The van der Waals surface area contributed by atoms with Crippen LogP contribution in [0.1, 0.15) is 34.9 Å². The Morgan fingerprint density at radius 1 is 1.09 bits per heavy atom. The topological polar surface area (TPSA) is 117 Å². The highest BCUT2D eigenvalue weighted by molar-refractivity contribution is 7.98. The third-order valence-corrected chi connectivity index (χ3v) is 7.76. The molecule has 5 aromatic rings. The summed E-state index contributed by atoms with van der Waals surface area (Å²) in [7, 11) is 0. The monoisotopic (exact) mass is 476 g/mol. The molecule has 1 aliphatic rings. The maximum absolute atomic E-state index is 6.32. The number of benzene rings is 1. The molecule has 0 amide bonds. The number of fused-ring (bicyclic) bond motifs is 3. The number of rotatable bonds is 5. The van der Waals surface area contributed by atoms with Gasteiger partial charge in [-0.05, 0) is 38.2 Å². The molecule has 0 spiro atoms. The van der Waals surface area contributed by atoms with Gasteiger partial charge in [-0.25, -0.2) is 9.97 Å². The zero-order valence-corrected chi connectivity index (χ0v) is 19.5. The number of aromatic nitrogens is 5. The van der Waals surface area contributed by atoms with Gasteiger partial charge in [-0.1, -0.05) is 47.3 Å². The van der Waals surface area contributed by atoms with E-state index in [2.05, 4.69) is 20.3 Å². The lowest BCUT2D eigenvalue weighted by molar-refractivity contribution is 0.399. The Morgan fingerprint density at radius 3 is 2.82 bits per heavy atom. The second kappa shape index (κ2) is 8.27. The Morgan fingerprint density at radius 2 is 1.94 bits per heavy atom. The number of thioether (sulfide) groups is 1. The Labute approximate surface area is 197 Å². The van der Waals surface area contributed by atoms with Gasteiger partial charge in [-0.2, -0.15) is 0 Å². The summed E-state index contributed by atoms with van der Waals surface area (Å²) in [4.78, 5) is 11.7. The molecule has 8 nitrogen and oxygen atoms in total. The molecule has 10 heteroatoms. The second-order valence-electron chi connectivity index (χ2n) is 7.90. The fourth-order valence-corrected chi connectivity index (χ4v) is 6.20. The molecule has 0 bridgehead atoms. The van der Waals surface area contributed by atoms with Gasteiger partial charge in [0.25, 0.3) is 5.89 Å². The average molecular weight is 477 g/mol. The predicted octanol–water partition coefficient (Wildman–Crippen LogP) is 5.46. The summed E-state index contributed by atoms with van der Waals surface area (Å²) in [5.41, 5.74) is 9.98. The Kier molecular flexibility index (Phi) is 5.11.